The number of nitrogens with zero attached hydrogens (tertiary/aromatic N) is 1. The molecule has 2 rings (SSSR count). The Labute approximate surface area is 170 Å². The maximum Gasteiger partial charge on any atom is 0.277 e. The summed E-state index contributed by atoms with van der Waals surface area (Å²) in [6.45, 7) is 3.95. The van der Waals surface area contributed by atoms with Crippen molar-refractivity contribution >= 4 is 46.3 Å². The zero-order valence-corrected chi connectivity index (χ0v) is 17.2. The van der Waals surface area contributed by atoms with Crippen LogP contribution in [0.4, 0.5) is 0 Å². The van der Waals surface area contributed by atoms with Gasteiger partial charge in [-0.3, -0.25) is 4.79 Å². The fraction of sp³-hybridized carbons (Fsp3) is 0.222. The van der Waals surface area contributed by atoms with Crippen LogP contribution >= 0.6 is 34.2 Å². The number of phenols is 1. The van der Waals surface area contributed by atoms with E-state index >= 15 is 0 Å². The molecule has 0 unspecified atom stereocenters. The van der Waals surface area contributed by atoms with Crippen LogP contribution in [0.5, 0.6) is 17.2 Å². The van der Waals surface area contributed by atoms with Crippen molar-refractivity contribution in [3.8, 4) is 17.2 Å². The highest BCUT2D eigenvalue weighted by Gasteiger charge is 2.08. The molecule has 0 spiro atoms. The average molecular weight is 489 g/mol. The Bertz CT molecular complexity index is 827. The minimum atomic E-state index is -0.396. The maximum absolute atomic E-state index is 11.8. The summed E-state index contributed by atoms with van der Waals surface area (Å²) in [5.74, 6) is 0.613. The molecule has 8 heteroatoms. The lowest BCUT2D eigenvalue weighted by Gasteiger charge is -2.08. The van der Waals surface area contributed by atoms with Crippen LogP contribution in [0.1, 0.15) is 18.1 Å². The van der Waals surface area contributed by atoms with Crippen LogP contribution in [0, 0.1) is 10.5 Å². The quantitative estimate of drug-likeness (QED) is 0.352. The number of benzene rings is 2. The van der Waals surface area contributed by atoms with Gasteiger partial charge in [0, 0.05) is 5.02 Å². The van der Waals surface area contributed by atoms with Gasteiger partial charge in [0.1, 0.15) is 5.75 Å². The van der Waals surface area contributed by atoms with E-state index in [1.807, 2.05) is 36.4 Å². The second kappa shape index (κ2) is 9.63. The number of hydrazone groups is 1. The van der Waals surface area contributed by atoms with Crippen molar-refractivity contribution in [1.29, 1.82) is 0 Å². The number of hydrogen-bond donors (Lipinski definition) is 2. The second-order valence-corrected chi connectivity index (χ2v) is 6.84. The minimum Gasteiger partial charge on any atom is -0.504 e. The summed E-state index contributed by atoms with van der Waals surface area (Å²) < 4.78 is 11.4. The smallest absolute Gasteiger partial charge is 0.277 e. The Hall–Kier alpha value is -2.00. The molecule has 1 amide bonds. The van der Waals surface area contributed by atoms with Crippen LogP contribution < -0.4 is 14.9 Å². The fourth-order valence-electron chi connectivity index (χ4n) is 2.00. The van der Waals surface area contributed by atoms with Gasteiger partial charge in [-0.15, -0.1) is 0 Å². The number of nitrogens with one attached hydrogen (secondary N) is 1. The first-order valence-electron chi connectivity index (χ1n) is 7.77. The van der Waals surface area contributed by atoms with Crippen LogP contribution in [0.2, 0.25) is 5.02 Å². The van der Waals surface area contributed by atoms with Crippen molar-refractivity contribution in [3.05, 3.63) is 50.1 Å². The highest BCUT2D eigenvalue weighted by molar-refractivity contribution is 14.1. The summed E-state index contributed by atoms with van der Waals surface area (Å²) in [5.41, 5.74) is 3.94. The molecule has 138 valence electrons. The van der Waals surface area contributed by atoms with E-state index in [-0.39, 0.29) is 12.4 Å². The fourth-order valence-corrected chi connectivity index (χ4v) is 2.74. The summed E-state index contributed by atoms with van der Waals surface area (Å²) in [4.78, 5) is 11.8. The molecule has 0 saturated heterocycles. The highest BCUT2D eigenvalue weighted by atomic mass is 127. The maximum atomic E-state index is 11.8. The molecule has 2 aromatic carbocycles. The van der Waals surface area contributed by atoms with Gasteiger partial charge >= 0.3 is 0 Å². The average Bonchev–Trinajstić information content (AvgIpc) is 2.60. The van der Waals surface area contributed by atoms with E-state index in [2.05, 4.69) is 10.5 Å². The standard InChI is InChI=1S/C18H18ClIN2O4/c1-3-25-16-8-12(7-15(20)18(16)24)9-21-22-17(23)10-26-13-4-5-14(19)11(2)6-13/h4-9,24H,3,10H2,1-2H3,(H,22,23)/b21-9+. The molecule has 0 aromatic heterocycles. The molecule has 0 bridgehead atoms. The monoisotopic (exact) mass is 488 g/mol. The molecule has 0 fully saturated rings. The molecule has 26 heavy (non-hydrogen) atoms. The molecular formula is C18H18ClIN2O4. The number of aromatic hydroxyl groups is 1. The van der Waals surface area contributed by atoms with Gasteiger partial charge in [-0.25, -0.2) is 5.43 Å². The number of halogens is 2. The molecular weight excluding hydrogens is 471 g/mol. The van der Waals surface area contributed by atoms with E-state index in [0.29, 0.717) is 32.3 Å². The molecule has 0 aliphatic heterocycles. The predicted octanol–water partition coefficient (Wildman–Crippen LogP) is 3.89. The lowest BCUT2D eigenvalue weighted by atomic mass is 10.2. The Kier molecular flexibility index (Phi) is 7.52. The first-order chi connectivity index (χ1) is 12.4. The zero-order chi connectivity index (χ0) is 19.1. The Balaban J connectivity index is 1.91. The van der Waals surface area contributed by atoms with Gasteiger partial charge in [0.25, 0.3) is 5.91 Å². The van der Waals surface area contributed by atoms with E-state index < -0.39 is 5.91 Å². The van der Waals surface area contributed by atoms with Crippen molar-refractivity contribution in [2.75, 3.05) is 13.2 Å². The van der Waals surface area contributed by atoms with Crippen molar-refractivity contribution in [3.63, 3.8) is 0 Å². The number of hydrogen-bond acceptors (Lipinski definition) is 5. The summed E-state index contributed by atoms with van der Waals surface area (Å²) in [6, 6.07) is 8.53. The Morgan fingerprint density at radius 1 is 1.35 bits per heavy atom. The number of aryl methyl sites for hydroxylation is 1. The highest BCUT2D eigenvalue weighted by Crippen LogP contribution is 2.32. The Morgan fingerprint density at radius 3 is 2.81 bits per heavy atom. The Morgan fingerprint density at radius 2 is 2.12 bits per heavy atom. The molecule has 0 radical (unpaired) electrons. The predicted molar refractivity (Wildman–Crippen MR) is 109 cm³/mol. The third kappa shape index (κ3) is 5.77. The van der Waals surface area contributed by atoms with E-state index in [9.17, 15) is 9.90 Å². The van der Waals surface area contributed by atoms with Crippen LogP contribution in [0.3, 0.4) is 0 Å². The number of carbonyl (C=O) groups excluding carboxylic acids is 1. The lowest BCUT2D eigenvalue weighted by molar-refractivity contribution is -0.123. The third-order valence-electron chi connectivity index (χ3n) is 3.25. The number of carbonyl (C=O) groups is 1. The third-order valence-corrected chi connectivity index (χ3v) is 4.50. The normalized spacial score (nSPS) is 10.8. The van der Waals surface area contributed by atoms with Crippen LogP contribution in [-0.4, -0.2) is 30.4 Å². The van der Waals surface area contributed by atoms with Gasteiger partial charge in [-0.05, 0) is 77.9 Å². The number of rotatable bonds is 7. The van der Waals surface area contributed by atoms with Crippen molar-refractivity contribution < 1.29 is 19.4 Å². The van der Waals surface area contributed by atoms with Crippen molar-refractivity contribution in [1.82, 2.24) is 5.43 Å². The van der Waals surface area contributed by atoms with Gasteiger partial charge in [0.2, 0.25) is 0 Å². The number of amides is 1. The topological polar surface area (TPSA) is 80.2 Å². The van der Waals surface area contributed by atoms with Gasteiger partial charge in [0.15, 0.2) is 18.1 Å². The molecule has 2 N–H and O–H groups in total. The molecule has 0 heterocycles. The van der Waals surface area contributed by atoms with Crippen molar-refractivity contribution in [2.45, 2.75) is 13.8 Å². The molecule has 6 nitrogen and oxygen atoms in total. The van der Waals surface area contributed by atoms with Gasteiger partial charge < -0.3 is 14.6 Å². The van der Waals surface area contributed by atoms with Gasteiger partial charge in [-0.2, -0.15) is 5.10 Å². The number of phenolic OH excluding ortho intramolecular Hbond substituents is 1. The lowest BCUT2D eigenvalue weighted by Crippen LogP contribution is -2.24. The number of ether oxygens (including phenoxy) is 2. The summed E-state index contributed by atoms with van der Waals surface area (Å²) >= 11 is 7.94. The second-order valence-electron chi connectivity index (χ2n) is 5.28. The van der Waals surface area contributed by atoms with E-state index in [4.69, 9.17) is 21.1 Å². The molecule has 0 atom stereocenters. The van der Waals surface area contributed by atoms with E-state index in [0.717, 1.165) is 5.56 Å². The van der Waals surface area contributed by atoms with Crippen LogP contribution in [0.15, 0.2) is 35.4 Å². The molecule has 2 aromatic rings. The molecule has 0 aliphatic carbocycles. The molecule has 0 aliphatic rings. The summed E-state index contributed by atoms with van der Waals surface area (Å²) in [5, 5.41) is 14.4. The SMILES string of the molecule is CCOc1cc(/C=N/NC(=O)COc2ccc(Cl)c(C)c2)cc(I)c1O. The molecule has 0 saturated carbocycles. The minimum absolute atomic E-state index is 0.0836. The summed E-state index contributed by atoms with van der Waals surface area (Å²) in [7, 11) is 0. The van der Waals surface area contributed by atoms with Crippen LogP contribution in [-0.2, 0) is 4.79 Å². The van der Waals surface area contributed by atoms with Gasteiger partial charge in [-0.1, -0.05) is 11.6 Å². The van der Waals surface area contributed by atoms with E-state index in [1.165, 1.54) is 6.21 Å². The van der Waals surface area contributed by atoms with Crippen LogP contribution in [0.25, 0.3) is 0 Å². The van der Waals surface area contributed by atoms with Crippen molar-refractivity contribution in [2.24, 2.45) is 5.10 Å². The first kappa shape index (κ1) is 20.3. The summed E-state index contributed by atoms with van der Waals surface area (Å²) in [6.07, 6.45) is 1.47. The first-order valence-corrected chi connectivity index (χ1v) is 9.22. The largest absolute Gasteiger partial charge is 0.504 e. The zero-order valence-electron chi connectivity index (χ0n) is 14.3. The van der Waals surface area contributed by atoms with E-state index in [1.54, 1.807) is 30.3 Å². The van der Waals surface area contributed by atoms with Gasteiger partial charge in [0.05, 0.1) is 16.4 Å².